The molecular weight excluding hydrogens is 426 g/mol. The average Bonchev–Trinajstić information content (AvgIpc) is 2.26. The van der Waals surface area contributed by atoms with E-state index in [0.717, 1.165) is 21.1 Å². The van der Waals surface area contributed by atoms with Gasteiger partial charge < -0.3 is 4.90 Å². The zero-order valence-electron chi connectivity index (χ0n) is 10.00. The predicted octanol–water partition coefficient (Wildman–Crippen LogP) is 4.46. The molecule has 0 aliphatic heterocycles. The third-order valence-electron chi connectivity index (χ3n) is 3.22. The monoisotopic (exact) mass is 437 g/mol. The van der Waals surface area contributed by atoms with E-state index in [9.17, 15) is 4.79 Å². The van der Waals surface area contributed by atoms with Crippen LogP contribution in [0.1, 0.15) is 23.2 Å². The third kappa shape index (κ3) is 3.36. The first-order chi connectivity index (χ1) is 8.47. The summed E-state index contributed by atoms with van der Waals surface area (Å²) in [6.07, 6.45) is 2.33. The van der Waals surface area contributed by atoms with Crippen LogP contribution in [0.15, 0.2) is 27.1 Å². The molecule has 1 aromatic rings. The minimum atomic E-state index is 0.0763. The highest BCUT2D eigenvalue weighted by molar-refractivity contribution is 9.11. The van der Waals surface area contributed by atoms with Crippen LogP contribution in [0.3, 0.4) is 0 Å². The topological polar surface area (TPSA) is 20.3 Å². The van der Waals surface area contributed by atoms with Crippen LogP contribution in [0.4, 0.5) is 0 Å². The summed E-state index contributed by atoms with van der Waals surface area (Å²) in [5.41, 5.74) is 0.718. The molecule has 0 heterocycles. The molecule has 98 valence electrons. The molecule has 0 radical (unpaired) electrons. The van der Waals surface area contributed by atoms with Crippen LogP contribution >= 0.6 is 47.8 Å². The van der Waals surface area contributed by atoms with Crippen molar-refractivity contribution < 1.29 is 4.79 Å². The van der Waals surface area contributed by atoms with Crippen LogP contribution in [0, 0.1) is 5.92 Å². The Morgan fingerprint density at radius 1 is 1.39 bits per heavy atom. The number of rotatable bonds is 3. The number of alkyl halides is 1. The van der Waals surface area contributed by atoms with Gasteiger partial charge >= 0.3 is 0 Å². The van der Waals surface area contributed by atoms with Gasteiger partial charge in [0.05, 0.1) is 5.56 Å². The lowest BCUT2D eigenvalue weighted by atomic mass is 9.85. The van der Waals surface area contributed by atoms with Gasteiger partial charge in [0.25, 0.3) is 5.91 Å². The molecule has 1 aliphatic carbocycles. The summed E-state index contributed by atoms with van der Waals surface area (Å²) in [4.78, 5) is 14.8. The first kappa shape index (κ1) is 14.5. The SMILES string of the molecule is CN(CC1CC(Br)C1)C(=O)c1ccc(Br)cc1Br. The Morgan fingerprint density at radius 3 is 2.61 bits per heavy atom. The van der Waals surface area contributed by atoms with Gasteiger partial charge in [0.2, 0.25) is 0 Å². The Kier molecular flexibility index (Phi) is 4.89. The summed E-state index contributed by atoms with van der Waals surface area (Å²) in [6.45, 7) is 0.837. The molecule has 0 aromatic heterocycles. The maximum atomic E-state index is 12.3. The van der Waals surface area contributed by atoms with Gasteiger partial charge in [-0.3, -0.25) is 4.79 Å². The number of carbonyl (C=O) groups excluding carboxylic acids is 1. The van der Waals surface area contributed by atoms with Gasteiger partial charge in [0.1, 0.15) is 0 Å². The van der Waals surface area contributed by atoms with Gasteiger partial charge in [-0.15, -0.1) is 0 Å². The molecule has 0 atom stereocenters. The van der Waals surface area contributed by atoms with Crippen molar-refractivity contribution in [3.8, 4) is 0 Å². The lowest BCUT2D eigenvalue weighted by Crippen LogP contribution is -2.37. The van der Waals surface area contributed by atoms with Crippen LogP contribution in [0.25, 0.3) is 0 Å². The minimum Gasteiger partial charge on any atom is -0.341 e. The first-order valence-electron chi connectivity index (χ1n) is 5.82. The Morgan fingerprint density at radius 2 is 2.06 bits per heavy atom. The van der Waals surface area contributed by atoms with E-state index in [4.69, 9.17) is 0 Å². The highest BCUT2D eigenvalue weighted by Gasteiger charge is 2.29. The van der Waals surface area contributed by atoms with E-state index in [1.807, 2.05) is 30.1 Å². The summed E-state index contributed by atoms with van der Waals surface area (Å²) < 4.78 is 1.80. The quantitative estimate of drug-likeness (QED) is 0.637. The molecule has 0 unspecified atom stereocenters. The number of hydrogen-bond donors (Lipinski definition) is 0. The van der Waals surface area contributed by atoms with Crippen molar-refractivity contribution >= 4 is 53.7 Å². The standard InChI is InChI=1S/C13H14Br3NO/c1-17(7-8-4-10(15)5-8)13(18)11-3-2-9(14)6-12(11)16/h2-3,6,8,10H,4-5,7H2,1H3. The Bertz CT molecular complexity index is 458. The van der Waals surface area contributed by atoms with Crippen molar-refractivity contribution in [2.24, 2.45) is 5.92 Å². The third-order valence-corrected chi connectivity index (χ3v) is 5.12. The summed E-state index contributed by atoms with van der Waals surface area (Å²) in [6, 6.07) is 5.64. The van der Waals surface area contributed by atoms with Crippen molar-refractivity contribution in [2.75, 3.05) is 13.6 Å². The normalized spacial score (nSPS) is 22.4. The summed E-state index contributed by atoms with van der Waals surface area (Å²) in [5.74, 6) is 0.713. The lowest BCUT2D eigenvalue weighted by Gasteiger charge is -2.34. The molecule has 1 amide bonds. The highest BCUT2D eigenvalue weighted by atomic mass is 79.9. The molecular formula is C13H14Br3NO. The van der Waals surface area contributed by atoms with Crippen LogP contribution in [0.2, 0.25) is 0 Å². The molecule has 1 saturated carbocycles. The van der Waals surface area contributed by atoms with Gasteiger partial charge in [-0.1, -0.05) is 31.9 Å². The van der Waals surface area contributed by atoms with Crippen molar-refractivity contribution in [1.29, 1.82) is 0 Å². The van der Waals surface area contributed by atoms with Crippen molar-refractivity contribution in [3.63, 3.8) is 0 Å². The predicted molar refractivity (Wildman–Crippen MR) is 84.2 cm³/mol. The van der Waals surface area contributed by atoms with E-state index in [2.05, 4.69) is 47.8 Å². The molecule has 5 heteroatoms. The summed E-state index contributed by atoms with van der Waals surface area (Å²) >= 11 is 10.4. The number of amides is 1. The Balaban J connectivity index is 2.01. The van der Waals surface area contributed by atoms with Crippen LogP contribution in [0.5, 0.6) is 0 Å². The molecule has 18 heavy (non-hydrogen) atoms. The second-order valence-electron chi connectivity index (χ2n) is 4.74. The number of hydrogen-bond acceptors (Lipinski definition) is 1. The number of halogens is 3. The summed E-state index contributed by atoms with van der Waals surface area (Å²) in [5, 5.41) is 0. The first-order valence-corrected chi connectivity index (χ1v) is 8.32. The van der Waals surface area contributed by atoms with E-state index >= 15 is 0 Å². The van der Waals surface area contributed by atoms with Gasteiger partial charge in [-0.2, -0.15) is 0 Å². The maximum absolute atomic E-state index is 12.3. The van der Waals surface area contributed by atoms with Crippen LogP contribution in [-0.2, 0) is 0 Å². The fourth-order valence-corrected chi connectivity index (χ4v) is 4.42. The van der Waals surface area contributed by atoms with E-state index in [-0.39, 0.29) is 5.91 Å². The van der Waals surface area contributed by atoms with E-state index in [0.29, 0.717) is 10.7 Å². The second kappa shape index (κ2) is 6.06. The fraction of sp³-hybridized carbons (Fsp3) is 0.462. The van der Waals surface area contributed by atoms with E-state index in [1.54, 1.807) is 0 Å². The molecule has 0 N–H and O–H groups in total. The number of nitrogens with zero attached hydrogens (tertiary/aromatic N) is 1. The lowest BCUT2D eigenvalue weighted by molar-refractivity contribution is 0.0748. The number of carbonyl (C=O) groups is 1. The van der Waals surface area contributed by atoms with Gasteiger partial charge in [-0.05, 0) is 52.9 Å². The molecule has 0 bridgehead atoms. The zero-order valence-corrected chi connectivity index (χ0v) is 14.8. The van der Waals surface area contributed by atoms with Crippen molar-refractivity contribution in [1.82, 2.24) is 4.90 Å². The van der Waals surface area contributed by atoms with Crippen LogP contribution in [-0.4, -0.2) is 29.2 Å². The molecule has 1 aromatic carbocycles. The Hall–Kier alpha value is 0.130. The molecule has 2 nitrogen and oxygen atoms in total. The second-order valence-corrected chi connectivity index (χ2v) is 7.81. The smallest absolute Gasteiger partial charge is 0.254 e. The molecule has 1 aliphatic rings. The summed E-state index contributed by atoms with van der Waals surface area (Å²) in [7, 11) is 1.87. The molecule has 1 fully saturated rings. The zero-order chi connectivity index (χ0) is 13.3. The van der Waals surface area contributed by atoms with Gasteiger partial charge in [0.15, 0.2) is 0 Å². The highest BCUT2D eigenvalue weighted by Crippen LogP contribution is 2.34. The average molecular weight is 440 g/mol. The van der Waals surface area contributed by atoms with Crippen LogP contribution < -0.4 is 0 Å². The van der Waals surface area contributed by atoms with E-state index < -0.39 is 0 Å². The fourth-order valence-electron chi connectivity index (χ4n) is 2.14. The molecule has 0 saturated heterocycles. The Labute approximate surface area is 133 Å². The van der Waals surface area contributed by atoms with Gasteiger partial charge in [0, 0.05) is 27.4 Å². The van der Waals surface area contributed by atoms with Gasteiger partial charge in [-0.25, -0.2) is 0 Å². The molecule has 2 rings (SSSR count). The van der Waals surface area contributed by atoms with E-state index in [1.165, 1.54) is 12.8 Å². The maximum Gasteiger partial charge on any atom is 0.254 e. The molecule has 0 spiro atoms. The largest absolute Gasteiger partial charge is 0.341 e. The van der Waals surface area contributed by atoms with Crippen molar-refractivity contribution in [3.05, 3.63) is 32.7 Å². The van der Waals surface area contributed by atoms with Crippen molar-refractivity contribution in [2.45, 2.75) is 17.7 Å². The minimum absolute atomic E-state index is 0.0763. The number of benzene rings is 1.